The van der Waals surface area contributed by atoms with Crippen LogP contribution in [0.2, 0.25) is 0 Å². The average molecular weight is 212 g/mol. The normalized spacial score (nSPS) is 32.6. The molecule has 0 bridgehead atoms. The quantitative estimate of drug-likeness (QED) is 0.776. The molecule has 0 spiro atoms. The van der Waals surface area contributed by atoms with Gasteiger partial charge in [-0.25, -0.2) is 0 Å². The molecule has 2 nitrogen and oxygen atoms in total. The molecule has 2 heteroatoms. The van der Waals surface area contributed by atoms with Crippen molar-refractivity contribution in [2.45, 2.75) is 65.0 Å². The minimum Gasteiger partial charge on any atom is -0.327 e. The Morgan fingerprint density at radius 3 is 2.47 bits per heavy atom. The fourth-order valence-electron chi connectivity index (χ4n) is 2.94. The summed E-state index contributed by atoms with van der Waals surface area (Å²) in [6.07, 6.45) is 5.00. The maximum Gasteiger partial charge on any atom is 0.0179 e. The van der Waals surface area contributed by atoms with Crippen LogP contribution < -0.4 is 5.73 Å². The van der Waals surface area contributed by atoms with Gasteiger partial charge in [0.15, 0.2) is 0 Å². The van der Waals surface area contributed by atoms with Gasteiger partial charge in [0, 0.05) is 24.7 Å². The Kier molecular flexibility index (Phi) is 4.60. The molecular weight excluding hydrogens is 184 g/mol. The fraction of sp³-hybridized carbons (Fsp3) is 1.00. The van der Waals surface area contributed by atoms with Crippen LogP contribution in [0.1, 0.15) is 53.4 Å². The second kappa shape index (κ2) is 5.31. The smallest absolute Gasteiger partial charge is 0.0179 e. The Morgan fingerprint density at radius 2 is 2.00 bits per heavy atom. The van der Waals surface area contributed by atoms with Gasteiger partial charge in [0.1, 0.15) is 0 Å². The van der Waals surface area contributed by atoms with E-state index in [0.717, 1.165) is 12.5 Å². The van der Waals surface area contributed by atoms with Crippen molar-refractivity contribution in [3.8, 4) is 0 Å². The third-order valence-electron chi connectivity index (χ3n) is 4.01. The summed E-state index contributed by atoms with van der Waals surface area (Å²) in [5.74, 6) is 0.761. The second-order valence-electron chi connectivity index (χ2n) is 5.61. The Labute approximate surface area is 95.2 Å². The first kappa shape index (κ1) is 13.0. The van der Waals surface area contributed by atoms with Gasteiger partial charge in [-0.3, -0.25) is 4.90 Å². The van der Waals surface area contributed by atoms with Gasteiger partial charge in [-0.2, -0.15) is 0 Å². The summed E-state index contributed by atoms with van der Waals surface area (Å²) in [4.78, 5) is 2.63. The van der Waals surface area contributed by atoms with Crippen LogP contribution in [0.3, 0.4) is 0 Å². The molecule has 1 rings (SSSR count). The van der Waals surface area contributed by atoms with Crippen molar-refractivity contribution in [3.05, 3.63) is 0 Å². The molecule has 0 radical (unpaired) electrons. The molecule has 1 unspecified atom stereocenters. The van der Waals surface area contributed by atoms with Crippen LogP contribution in [-0.4, -0.2) is 29.6 Å². The van der Waals surface area contributed by atoms with Gasteiger partial charge in [0.2, 0.25) is 0 Å². The van der Waals surface area contributed by atoms with Crippen LogP contribution in [0, 0.1) is 5.92 Å². The second-order valence-corrected chi connectivity index (χ2v) is 5.61. The summed E-state index contributed by atoms with van der Waals surface area (Å²) >= 11 is 0. The van der Waals surface area contributed by atoms with Crippen molar-refractivity contribution < 1.29 is 0 Å². The molecule has 0 saturated carbocycles. The lowest BCUT2D eigenvalue weighted by Crippen LogP contribution is -2.56. The molecule has 0 amide bonds. The number of piperidine rings is 1. The van der Waals surface area contributed by atoms with Crippen molar-refractivity contribution in [2.24, 2.45) is 11.7 Å². The Hall–Kier alpha value is -0.0800. The van der Waals surface area contributed by atoms with Gasteiger partial charge in [-0.15, -0.1) is 0 Å². The first-order chi connectivity index (χ1) is 7.01. The van der Waals surface area contributed by atoms with Crippen LogP contribution >= 0.6 is 0 Å². The number of likely N-dealkylation sites (tertiary alicyclic amines) is 1. The zero-order chi connectivity index (χ0) is 11.5. The van der Waals surface area contributed by atoms with E-state index in [-0.39, 0.29) is 0 Å². The molecule has 90 valence electrons. The molecule has 3 atom stereocenters. The van der Waals surface area contributed by atoms with E-state index in [0.29, 0.717) is 11.6 Å². The summed E-state index contributed by atoms with van der Waals surface area (Å²) in [6.45, 7) is 11.6. The Bertz CT molecular complexity index is 183. The summed E-state index contributed by atoms with van der Waals surface area (Å²) < 4.78 is 0. The highest BCUT2D eigenvalue weighted by atomic mass is 15.2. The van der Waals surface area contributed by atoms with Crippen LogP contribution in [0.5, 0.6) is 0 Å². The molecule has 15 heavy (non-hydrogen) atoms. The number of rotatable bonds is 4. The maximum atomic E-state index is 6.12. The van der Waals surface area contributed by atoms with E-state index < -0.39 is 0 Å². The largest absolute Gasteiger partial charge is 0.327 e. The van der Waals surface area contributed by atoms with E-state index >= 15 is 0 Å². The van der Waals surface area contributed by atoms with Crippen molar-refractivity contribution in [1.82, 2.24) is 4.90 Å². The van der Waals surface area contributed by atoms with Crippen molar-refractivity contribution >= 4 is 0 Å². The van der Waals surface area contributed by atoms with Crippen LogP contribution in [-0.2, 0) is 0 Å². The highest BCUT2D eigenvalue weighted by Crippen LogP contribution is 2.29. The summed E-state index contributed by atoms with van der Waals surface area (Å²) in [5, 5.41) is 0. The minimum atomic E-state index is 0.376. The van der Waals surface area contributed by atoms with E-state index in [4.69, 9.17) is 5.73 Å². The zero-order valence-corrected chi connectivity index (χ0v) is 10.9. The number of hydrogen-bond donors (Lipinski definition) is 1. The van der Waals surface area contributed by atoms with Gasteiger partial charge in [0.05, 0.1) is 0 Å². The number of nitrogens with zero attached hydrogens (tertiary/aromatic N) is 1. The molecular formula is C13H28N2. The lowest BCUT2D eigenvalue weighted by molar-refractivity contribution is 0.0395. The third-order valence-corrected chi connectivity index (χ3v) is 4.01. The number of nitrogens with two attached hydrogens (primary N) is 1. The number of hydrogen-bond acceptors (Lipinski definition) is 2. The van der Waals surface area contributed by atoms with Gasteiger partial charge < -0.3 is 5.73 Å². The molecule has 2 N–H and O–H groups in total. The standard InChI is InChI=1S/C13H28N2/c1-5-7-13(4,6-2)15-9-11(3)8-12(14)10-15/h11-12H,5-10,14H2,1-4H3/t11-,12+,13?/m1/s1. The molecule has 1 heterocycles. The van der Waals surface area contributed by atoms with E-state index in [2.05, 4.69) is 32.6 Å². The summed E-state index contributed by atoms with van der Waals surface area (Å²) in [5.41, 5.74) is 6.50. The van der Waals surface area contributed by atoms with Gasteiger partial charge in [0.25, 0.3) is 0 Å². The van der Waals surface area contributed by atoms with Gasteiger partial charge in [-0.05, 0) is 32.1 Å². The fourth-order valence-corrected chi connectivity index (χ4v) is 2.94. The highest BCUT2D eigenvalue weighted by Gasteiger charge is 2.34. The maximum absolute atomic E-state index is 6.12. The van der Waals surface area contributed by atoms with Gasteiger partial charge >= 0.3 is 0 Å². The predicted octanol–water partition coefficient (Wildman–Crippen LogP) is 2.62. The average Bonchev–Trinajstić information content (AvgIpc) is 2.16. The van der Waals surface area contributed by atoms with Crippen LogP contribution in [0.25, 0.3) is 0 Å². The lowest BCUT2D eigenvalue weighted by Gasteiger charge is -2.46. The molecule has 0 aliphatic carbocycles. The molecule has 0 aromatic heterocycles. The SMILES string of the molecule is CCCC(C)(CC)N1C[C@H](C)C[C@H](N)C1. The van der Waals surface area contributed by atoms with E-state index in [1.807, 2.05) is 0 Å². The molecule has 1 saturated heterocycles. The molecule has 0 aromatic carbocycles. The molecule has 1 aliphatic heterocycles. The molecule has 0 aromatic rings. The van der Waals surface area contributed by atoms with E-state index in [9.17, 15) is 0 Å². The summed E-state index contributed by atoms with van der Waals surface area (Å²) in [7, 11) is 0. The van der Waals surface area contributed by atoms with E-state index in [1.54, 1.807) is 0 Å². The van der Waals surface area contributed by atoms with Crippen LogP contribution in [0.4, 0.5) is 0 Å². The topological polar surface area (TPSA) is 29.3 Å². The monoisotopic (exact) mass is 212 g/mol. The minimum absolute atomic E-state index is 0.376. The van der Waals surface area contributed by atoms with Gasteiger partial charge in [-0.1, -0.05) is 27.2 Å². The van der Waals surface area contributed by atoms with E-state index in [1.165, 1.54) is 32.2 Å². The molecule has 1 aliphatic rings. The molecule has 1 fully saturated rings. The first-order valence-electron chi connectivity index (χ1n) is 6.52. The predicted molar refractivity (Wildman–Crippen MR) is 66.9 cm³/mol. The zero-order valence-electron chi connectivity index (χ0n) is 10.9. The highest BCUT2D eigenvalue weighted by molar-refractivity contribution is 4.91. The van der Waals surface area contributed by atoms with Crippen molar-refractivity contribution in [3.63, 3.8) is 0 Å². The third kappa shape index (κ3) is 3.18. The summed E-state index contributed by atoms with van der Waals surface area (Å²) in [6, 6.07) is 0.386. The van der Waals surface area contributed by atoms with Crippen LogP contribution in [0.15, 0.2) is 0 Å². The first-order valence-corrected chi connectivity index (χ1v) is 6.52. The Balaban J connectivity index is 2.66. The lowest BCUT2D eigenvalue weighted by atomic mass is 9.86. The van der Waals surface area contributed by atoms with Crippen molar-refractivity contribution in [2.75, 3.05) is 13.1 Å². The Morgan fingerprint density at radius 1 is 1.33 bits per heavy atom. The van der Waals surface area contributed by atoms with Crippen molar-refractivity contribution in [1.29, 1.82) is 0 Å².